The summed E-state index contributed by atoms with van der Waals surface area (Å²) in [6, 6.07) is 1.08. The molecule has 1 aromatic rings. The molecule has 1 aliphatic heterocycles. The summed E-state index contributed by atoms with van der Waals surface area (Å²) in [5.74, 6) is -0.0530. The van der Waals surface area contributed by atoms with Gasteiger partial charge >= 0.3 is 0 Å². The molecule has 6 nitrogen and oxygen atoms in total. The summed E-state index contributed by atoms with van der Waals surface area (Å²) >= 11 is 1.62. The van der Waals surface area contributed by atoms with Gasteiger partial charge in [0.25, 0.3) is 5.91 Å². The fourth-order valence-corrected chi connectivity index (χ4v) is 3.67. The van der Waals surface area contributed by atoms with Crippen LogP contribution in [0.4, 0.5) is 10.1 Å². The first kappa shape index (κ1) is 19.5. The highest BCUT2D eigenvalue weighted by Crippen LogP contribution is 2.18. The first-order valence-electron chi connectivity index (χ1n) is 8.54. The van der Waals surface area contributed by atoms with Crippen LogP contribution in [0.1, 0.15) is 43.6 Å². The van der Waals surface area contributed by atoms with E-state index in [2.05, 4.69) is 10.3 Å². The van der Waals surface area contributed by atoms with E-state index in [0.29, 0.717) is 13.1 Å². The lowest BCUT2D eigenvalue weighted by molar-refractivity contribution is -0.130. The normalized spacial score (nSPS) is 19.2. The lowest BCUT2D eigenvalue weighted by atomic mass is 10.1. The fraction of sp³-hybridized carbons (Fsp3) is 0.588. The van der Waals surface area contributed by atoms with Crippen molar-refractivity contribution in [3.05, 3.63) is 23.8 Å². The van der Waals surface area contributed by atoms with Gasteiger partial charge in [0.15, 0.2) is 5.82 Å². The number of anilines is 1. The second-order valence-corrected chi connectivity index (χ2v) is 7.76. The van der Waals surface area contributed by atoms with Gasteiger partial charge in [-0.3, -0.25) is 9.59 Å². The average Bonchev–Trinajstić information content (AvgIpc) is 2.82. The standard InChI is InChI=1S/C17H25FN4O2S/c1-3-25-11(2)17(24)22-7-5-4-6-12(10-22)21-16(23)15-8-14(19)13(18)9-20-15/h8-9,11-12H,3-7,10H2,1-2H3,(H2,19,20)(H,21,23). The number of amides is 2. The molecule has 1 aliphatic rings. The van der Waals surface area contributed by atoms with E-state index in [-0.39, 0.29) is 28.6 Å². The molecule has 0 aliphatic carbocycles. The van der Waals surface area contributed by atoms with Crippen LogP contribution in [-0.2, 0) is 4.79 Å². The molecule has 1 saturated heterocycles. The molecule has 0 saturated carbocycles. The number of nitrogens with two attached hydrogens (primary N) is 1. The molecule has 25 heavy (non-hydrogen) atoms. The molecule has 2 rings (SSSR count). The van der Waals surface area contributed by atoms with E-state index < -0.39 is 11.7 Å². The van der Waals surface area contributed by atoms with Crippen molar-refractivity contribution in [1.82, 2.24) is 15.2 Å². The fourth-order valence-electron chi connectivity index (χ4n) is 2.88. The zero-order valence-corrected chi connectivity index (χ0v) is 15.4. The third kappa shape index (κ3) is 5.32. The monoisotopic (exact) mass is 368 g/mol. The molecular formula is C17H25FN4O2S. The maximum absolute atomic E-state index is 13.2. The van der Waals surface area contributed by atoms with Crippen LogP contribution >= 0.6 is 11.8 Å². The van der Waals surface area contributed by atoms with Crippen LogP contribution in [0.25, 0.3) is 0 Å². The molecule has 138 valence electrons. The highest BCUT2D eigenvalue weighted by atomic mass is 32.2. The zero-order valence-electron chi connectivity index (χ0n) is 14.6. The van der Waals surface area contributed by atoms with E-state index in [1.54, 1.807) is 11.8 Å². The van der Waals surface area contributed by atoms with Crippen molar-refractivity contribution in [2.45, 2.75) is 44.4 Å². The number of nitrogens with one attached hydrogen (secondary N) is 1. The number of nitrogen functional groups attached to an aromatic ring is 1. The molecule has 0 radical (unpaired) electrons. The maximum atomic E-state index is 13.2. The van der Waals surface area contributed by atoms with Crippen LogP contribution in [0.2, 0.25) is 0 Å². The third-order valence-electron chi connectivity index (χ3n) is 4.20. The van der Waals surface area contributed by atoms with Crippen molar-refractivity contribution in [1.29, 1.82) is 0 Å². The number of carbonyl (C=O) groups is 2. The predicted octanol–water partition coefficient (Wildman–Crippen LogP) is 2.06. The minimum Gasteiger partial charge on any atom is -0.396 e. The van der Waals surface area contributed by atoms with Gasteiger partial charge in [-0.15, -0.1) is 11.8 Å². The summed E-state index contributed by atoms with van der Waals surface area (Å²) in [5, 5.41) is 2.81. The minimum atomic E-state index is -0.648. The van der Waals surface area contributed by atoms with E-state index in [4.69, 9.17) is 5.73 Å². The molecule has 0 aromatic carbocycles. The van der Waals surface area contributed by atoms with Crippen molar-refractivity contribution in [3.8, 4) is 0 Å². The Morgan fingerprint density at radius 3 is 2.96 bits per heavy atom. The third-order valence-corrected chi connectivity index (χ3v) is 5.24. The molecule has 2 atom stereocenters. The first-order chi connectivity index (χ1) is 11.9. The summed E-state index contributed by atoms with van der Waals surface area (Å²) in [5.41, 5.74) is 5.46. The summed E-state index contributed by atoms with van der Waals surface area (Å²) in [6.07, 6.45) is 3.59. The second-order valence-electron chi connectivity index (χ2n) is 6.14. The molecule has 2 heterocycles. The zero-order chi connectivity index (χ0) is 18.4. The number of nitrogens with zero attached hydrogens (tertiary/aromatic N) is 2. The van der Waals surface area contributed by atoms with Crippen LogP contribution in [0, 0.1) is 5.82 Å². The molecule has 2 unspecified atom stereocenters. The quantitative estimate of drug-likeness (QED) is 0.830. The molecule has 8 heteroatoms. The van der Waals surface area contributed by atoms with Gasteiger partial charge < -0.3 is 16.0 Å². The Morgan fingerprint density at radius 1 is 1.52 bits per heavy atom. The van der Waals surface area contributed by atoms with Crippen LogP contribution in [0.5, 0.6) is 0 Å². The Labute approximate surface area is 151 Å². The molecule has 3 N–H and O–H groups in total. The molecule has 1 aromatic heterocycles. The minimum absolute atomic E-state index is 0.0796. The Morgan fingerprint density at radius 2 is 2.28 bits per heavy atom. The highest BCUT2D eigenvalue weighted by Gasteiger charge is 2.26. The van der Waals surface area contributed by atoms with Crippen molar-refractivity contribution in [2.75, 3.05) is 24.6 Å². The Hall–Kier alpha value is -1.83. The van der Waals surface area contributed by atoms with Crippen LogP contribution < -0.4 is 11.1 Å². The number of carbonyl (C=O) groups excluding carboxylic acids is 2. The molecule has 0 spiro atoms. The maximum Gasteiger partial charge on any atom is 0.270 e. The number of halogens is 1. The largest absolute Gasteiger partial charge is 0.396 e. The van der Waals surface area contributed by atoms with Crippen molar-refractivity contribution < 1.29 is 14.0 Å². The van der Waals surface area contributed by atoms with E-state index in [0.717, 1.165) is 31.2 Å². The number of likely N-dealkylation sites (tertiary alicyclic amines) is 1. The first-order valence-corrected chi connectivity index (χ1v) is 9.59. The summed E-state index contributed by atoms with van der Waals surface area (Å²) in [6.45, 7) is 5.14. The van der Waals surface area contributed by atoms with Gasteiger partial charge in [0, 0.05) is 19.1 Å². The van der Waals surface area contributed by atoms with Gasteiger partial charge in [-0.2, -0.15) is 0 Å². The van der Waals surface area contributed by atoms with Gasteiger partial charge in [-0.25, -0.2) is 9.37 Å². The van der Waals surface area contributed by atoms with Gasteiger partial charge in [-0.1, -0.05) is 6.92 Å². The smallest absolute Gasteiger partial charge is 0.270 e. The number of hydrogen-bond donors (Lipinski definition) is 2. The molecule has 1 fully saturated rings. The summed E-state index contributed by atoms with van der Waals surface area (Å²) in [7, 11) is 0. The van der Waals surface area contributed by atoms with E-state index in [9.17, 15) is 14.0 Å². The van der Waals surface area contributed by atoms with E-state index in [1.165, 1.54) is 6.07 Å². The SMILES string of the molecule is CCSC(C)C(=O)N1CCCCC(NC(=O)c2cc(N)c(F)cn2)C1. The average molecular weight is 368 g/mol. The van der Waals surface area contributed by atoms with E-state index >= 15 is 0 Å². The van der Waals surface area contributed by atoms with Gasteiger partial charge in [0.05, 0.1) is 17.1 Å². The van der Waals surface area contributed by atoms with Gasteiger partial charge in [0.1, 0.15) is 5.69 Å². The number of hydrogen-bond acceptors (Lipinski definition) is 5. The second kappa shape index (κ2) is 9.03. The van der Waals surface area contributed by atoms with Crippen molar-refractivity contribution >= 4 is 29.3 Å². The van der Waals surface area contributed by atoms with Crippen LogP contribution in [0.15, 0.2) is 12.3 Å². The summed E-state index contributed by atoms with van der Waals surface area (Å²) < 4.78 is 13.2. The molecule has 2 amide bonds. The van der Waals surface area contributed by atoms with Crippen LogP contribution in [0.3, 0.4) is 0 Å². The topological polar surface area (TPSA) is 88.3 Å². The number of rotatable bonds is 5. The predicted molar refractivity (Wildman–Crippen MR) is 97.9 cm³/mol. The lowest BCUT2D eigenvalue weighted by Gasteiger charge is -2.27. The van der Waals surface area contributed by atoms with Gasteiger partial charge in [-0.05, 0) is 38.0 Å². The van der Waals surface area contributed by atoms with Crippen molar-refractivity contribution in [3.63, 3.8) is 0 Å². The summed E-state index contributed by atoms with van der Waals surface area (Å²) in [4.78, 5) is 30.5. The molecule has 0 bridgehead atoms. The Kier molecular flexibility index (Phi) is 7.04. The Balaban J connectivity index is 2.01. The molecular weight excluding hydrogens is 343 g/mol. The van der Waals surface area contributed by atoms with Crippen molar-refractivity contribution in [2.24, 2.45) is 0 Å². The highest BCUT2D eigenvalue weighted by molar-refractivity contribution is 8.00. The van der Waals surface area contributed by atoms with E-state index in [1.807, 2.05) is 18.7 Å². The Bertz CT molecular complexity index is 629. The van der Waals surface area contributed by atoms with Gasteiger partial charge in [0.2, 0.25) is 5.91 Å². The number of thioether (sulfide) groups is 1. The lowest BCUT2D eigenvalue weighted by Crippen LogP contribution is -2.46. The van der Waals surface area contributed by atoms with Crippen LogP contribution in [-0.4, -0.2) is 51.8 Å². The number of aromatic nitrogens is 1. The number of pyridine rings is 1.